The van der Waals surface area contributed by atoms with Crippen LogP contribution < -0.4 is 0 Å². The van der Waals surface area contributed by atoms with E-state index in [9.17, 15) is 5.11 Å². The van der Waals surface area contributed by atoms with Crippen LogP contribution in [0.4, 0.5) is 0 Å². The molecule has 0 radical (unpaired) electrons. The first-order valence-corrected chi connectivity index (χ1v) is 8.41. The van der Waals surface area contributed by atoms with Crippen LogP contribution in [-0.4, -0.2) is 5.11 Å². The molecule has 0 saturated heterocycles. The Morgan fingerprint density at radius 1 is 1.15 bits per heavy atom. The van der Waals surface area contributed by atoms with E-state index in [1.165, 1.54) is 44.1 Å². The van der Waals surface area contributed by atoms with Crippen LogP contribution in [0.25, 0.3) is 0 Å². The summed E-state index contributed by atoms with van der Waals surface area (Å²) in [7, 11) is 0. The van der Waals surface area contributed by atoms with Gasteiger partial charge in [0.15, 0.2) is 0 Å². The van der Waals surface area contributed by atoms with E-state index < -0.39 is 0 Å². The average molecular weight is 270 g/mol. The highest BCUT2D eigenvalue weighted by Gasteiger charge is 2.53. The van der Waals surface area contributed by atoms with Crippen LogP contribution in [0.2, 0.25) is 0 Å². The topological polar surface area (TPSA) is 20.2 Å². The molecule has 1 aromatic carbocycles. The molecular formula is C19H26O. The maximum atomic E-state index is 9.71. The number of phenolic OH excluding ortho intramolecular Hbond substituents is 1. The number of fused-ring (bicyclic) bond motifs is 5. The van der Waals surface area contributed by atoms with Crippen LogP contribution in [0.1, 0.15) is 63.0 Å². The Balaban J connectivity index is 1.71. The van der Waals surface area contributed by atoms with Crippen molar-refractivity contribution in [2.75, 3.05) is 0 Å². The largest absolute Gasteiger partial charge is 0.508 e. The molecule has 2 fully saturated rings. The van der Waals surface area contributed by atoms with E-state index in [2.05, 4.69) is 19.9 Å². The van der Waals surface area contributed by atoms with Crippen molar-refractivity contribution in [3.8, 4) is 5.75 Å². The molecule has 0 amide bonds. The van der Waals surface area contributed by atoms with Crippen molar-refractivity contribution in [3.63, 3.8) is 0 Å². The summed E-state index contributed by atoms with van der Waals surface area (Å²) in [6, 6.07) is 6.12. The molecule has 3 aliphatic carbocycles. The molecule has 1 nitrogen and oxygen atoms in total. The van der Waals surface area contributed by atoms with Gasteiger partial charge in [0.1, 0.15) is 5.75 Å². The van der Waals surface area contributed by atoms with Gasteiger partial charge in [-0.2, -0.15) is 0 Å². The second kappa shape index (κ2) is 4.26. The maximum Gasteiger partial charge on any atom is 0.115 e. The molecular weight excluding hydrogens is 244 g/mol. The molecule has 0 aliphatic heterocycles. The molecule has 2 saturated carbocycles. The lowest BCUT2D eigenvalue weighted by Crippen LogP contribution is -2.41. The average Bonchev–Trinajstić information content (AvgIpc) is 2.74. The molecule has 0 heterocycles. The van der Waals surface area contributed by atoms with Crippen molar-refractivity contribution in [1.82, 2.24) is 0 Å². The van der Waals surface area contributed by atoms with Gasteiger partial charge in [-0.15, -0.1) is 0 Å². The van der Waals surface area contributed by atoms with Crippen LogP contribution >= 0.6 is 0 Å². The van der Waals surface area contributed by atoms with Crippen molar-refractivity contribution >= 4 is 0 Å². The molecule has 1 N–H and O–H groups in total. The van der Waals surface area contributed by atoms with Gasteiger partial charge in [-0.05, 0) is 90.9 Å². The molecule has 20 heavy (non-hydrogen) atoms. The monoisotopic (exact) mass is 270 g/mol. The number of aryl methyl sites for hydroxylation is 1. The summed E-state index contributed by atoms with van der Waals surface area (Å²) in [5, 5.41) is 9.71. The molecule has 3 unspecified atom stereocenters. The lowest BCUT2D eigenvalue weighted by molar-refractivity contribution is 0.0336. The molecule has 0 aromatic heterocycles. The predicted octanol–water partition coefficient (Wildman–Crippen LogP) is 4.88. The van der Waals surface area contributed by atoms with Gasteiger partial charge in [0.2, 0.25) is 0 Å². The Morgan fingerprint density at radius 2 is 2.00 bits per heavy atom. The normalized spacial score (nSPS) is 42.7. The van der Waals surface area contributed by atoms with E-state index in [1.807, 2.05) is 12.1 Å². The van der Waals surface area contributed by atoms with Crippen LogP contribution in [0, 0.1) is 23.2 Å². The summed E-state index contributed by atoms with van der Waals surface area (Å²) in [6.07, 6.45) is 8.17. The Hall–Kier alpha value is -0.980. The minimum atomic E-state index is 0.442. The summed E-state index contributed by atoms with van der Waals surface area (Å²) in [5.41, 5.74) is 3.58. The third-order valence-electron chi connectivity index (χ3n) is 7.18. The van der Waals surface area contributed by atoms with Crippen LogP contribution in [0.15, 0.2) is 18.2 Å². The number of phenols is 1. The highest BCUT2D eigenvalue weighted by Crippen LogP contribution is 2.62. The Bertz CT molecular complexity index is 535. The third kappa shape index (κ3) is 1.61. The van der Waals surface area contributed by atoms with E-state index in [-0.39, 0.29) is 0 Å². The minimum Gasteiger partial charge on any atom is -0.508 e. The molecule has 5 atom stereocenters. The van der Waals surface area contributed by atoms with E-state index in [4.69, 9.17) is 0 Å². The molecule has 1 aromatic rings. The quantitative estimate of drug-likeness (QED) is 0.712. The second-order valence-corrected chi connectivity index (χ2v) is 7.82. The standard InChI is InChI=1S/C19H26O/c1-12-3-8-18-17-6-4-13-11-14(20)5-7-15(13)16(17)9-10-19(12,18)2/h5,7,11-12,16-18,20H,3-4,6,8-10H2,1-2H3/t12-,16?,17?,18?,19-/m1/s1. The molecule has 4 rings (SSSR count). The summed E-state index contributed by atoms with van der Waals surface area (Å²) >= 11 is 0. The molecule has 3 aliphatic rings. The highest BCUT2D eigenvalue weighted by molar-refractivity contribution is 5.40. The van der Waals surface area contributed by atoms with Crippen LogP contribution in [-0.2, 0) is 6.42 Å². The van der Waals surface area contributed by atoms with Gasteiger partial charge in [-0.1, -0.05) is 19.9 Å². The van der Waals surface area contributed by atoms with E-state index >= 15 is 0 Å². The van der Waals surface area contributed by atoms with Crippen molar-refractivity contribution in [2.45, 2.75) is 58.3 Å². The predicted molar refractivity (Wildman–Crippen MR) is 81.9 cm³/mol. The van der Waals surface area contributed by atoms with Gasteiger partial charge in [-0.3, -0.25) is 0 Å². The Morgan fingerprint density at radius 3 is 2.85 bits per heavy atom. The zero-order valence-electron chi connectivity index (χ0n) is 12.7. The lowest BCUT2D eigenvalue weighted by Gasteiger charge is -2.50. The fraction of sp³-hybridized carbons (Fsp3) is 0.684. The number of hydrogen-bond acceptors (Lipinski definition) is 1. The molecule has 0 bridgehead atoms. The zero-order chi connectivity index (χ0) is 13.9. The van der Waals surface area contributed by atoms with Gasteiger partial charge in [0, 0.05) is 0 Å². The van der Waals surface area contributed by atoms with Crippen molar-refractivity contribution in [3.05, 3.63) is 29.3 Å². The summed E-state index contributed by atoms with van der Waals surface area (Å²) < 4.78 is 0. The first kappa shape index (κ1) is 12.7. The Labute approximate surface area is 122 Å². The summed E-state index contributed by atoms with van der Waals surface area (Å²) in [5.74, 6) is 3.96. The first-order chi connectivity index (χ1) is 9.59. The number of aromatic hydroxyl groups is 1. The second-order valence-electron chi connectivity index (χ2n) is 7.82. The fourth-order valence-corrected chi connectivity index (χ4v) is 5.83. The summed E-state index contributed by atoms with van der Waals surface area (Å²) in [6.45, 7) is 5.05. The van der Waals surface area contributed by atoms with Crippen molar-refractivity contribution < 1.29 is 5.11 Å². The van der Waals surface area contributed by atoms with Crippen molar-refractivity contribution in [1.29, 1.82) is 0 Å². The van der Waals surface area contributed by atoms with Crippen LogP contribution in [0.5, 0.6) is 5.75 Å². The van der Waals surface area contributed by atoms with Gasteiger partial charge >= 0.3 is 0 Å². The SMILES string of the molecule is C[C@@H]1CCC2C3CCc4cc(O)ccc4C3CC[C@@]21C. The lowest BCUT2D eigenvalue weighted by atomic mass is 9.54. The summed E-state index contributed by atoms with van der Waals surface area (Å²) in [4.78, 5) is 0. The minimum absolute atomic E-state index is 0.442. The third-order valence-corrected chi connectivity index (χ3v) is 7.18. The maximum absolute atomic E-state index is 9.71. The number of benzene rings is 1. The molecule has 108 valence electrons. The van der Waals surface area contributed by atoms with E-state index in [0.29, 0.717) is 11.2 Å². The molecule has 0 spiro atoms. The van der Waals surface area contributed by atoms with Crippen LogP contribution in [0.3, 0.4) is 0 Å². The van der Waals surface area contributed by atoms with Gasteiger partial charge in [0.05, 0.1) is 0 Å². The van der Waals surface area contributed by atoms with Crippen molar-refractivity contribution in [2.24, 2.45) is 23.2 Å². The Kier molecular flexibility index (Phi) is 2.71. The molecule has 1 heteroatoms. The first-order valence-electron chi connectivity index (χ1n) is 8.41. The highest BCUT2D eigenvalue weighted by atomic mass is 16.3. The van der Waals surface area contributed by atoms with Gasteiger partial charge in [-0.25, -0.2) is 0 Å². The van der Waals surface area contributed by atoms with Gasteiger partial charge in [0.25, 0.3) is 0 Å². The number of rotatable bonds is 0. The zero-order valence-corrected chi connectivity index (χ0v) is 12.7. The number of hydrogen-bond donors (Lipinski definition) is 1. The van der Waals surface area contributed by atoms with E-state index in [1.54, 1.807) is 5.56 Å². The van der Waals surface area contributed by atoms with E-state index in [0.717, 1.165) is 23.7 Å². The smallest absolute Gasteiger partial charge is 0.115 e. The fourth-order valence-electron chi connectivity index (χ4n) is 5.83. The van der Waals surface area contributed by atoms with Gasteiger partial charge < -0.3 is 5.11 Å².